The smallest absolute Gasteiger partial charge is 0.236 e. The molecule has 113 valence electrons. The van der Waals surface area contributed by atoms with Gasteiger partial charge in [0.2, 0.25) is 11.8 Å². The minimum absolute atomic E-state index is 0. The van der Waals surface area contributed by atoms with Crippen molar-refractivity contribution >= 4 is 11.8 Å². The number of likely N-dealkylation sites (tertiary alicyclic amines) is 1. The van der Waals surface area contributed by atoms with Crippen LogP contribution in [0.3, 0.4) is 0 Å². The first-order valence-corrected chi connectivity index (χ1v) is 7.10. The number of hydrogen-bond acceptors (Lipinski definition) is 2. The van der Waals surface area contributed by atoms with Crippen molar-refractivity contribution < 1.29 is 42.3 Å². The second kappa shape index (κ2) is 7.64. The SMILES string of the molecule is CC.CC1(C)C(=O)N(Cc2cc[c-]cc2)C(=O)C1(C)C.[Y]. The van der Waals surface area contributed by atoms with Gasteiger partial charge in [0.25, 0.3) is 0 Å². The van der Waals surface area contributed by atoms with E-state index in [1.807, 2.05) is 53.7 Å². The Labute approximate surface area is 153 Å². The standard InChI is InChI=1S/C15H18NO2.C2H6.Y/c1-14(2)12(17)16(13(18)15(14,3)4)10-11-8-6-5-7-9-11;1-2;/h6-9H,10H2,1-4H3;1-2H3;/q-1;;. The predicted octanol–water partition coefficient (Wildman–Crippen LogP) is 3.43. The summed E-state index contributed by atoms with van der Waals surface area (Å²) in [6.45, 7) is 11.7. The van der Waals surface area contributed by atoms with E-state index in [4.69, 9.17) is 0 Å². The van der Waals surface area contributed by atoms with Gasteiger partial charge in [-0.25, -0.2) is 0 Å². The van der Waals surface area contributed by atoms with Crippen molar-refractivity contribution in [2.75, 3.05) is 0 Å². The molecule has 1 aromatic rings. The molecule has 1 radical (unpaired) electrons. The average Bonchev–Trinajstić information content (AvgIpc) is 2.55. The monoisotopic (exact) mass is 363 g/mol. The van der Waals surface area contributed by atoms with Crippen molar-refractivity contribution in [3.05, 3.63) is 35.9 Å². The second-order valence-electron chi connectivity index (χ2n) is 5.85. The van der Waals surface area contributed by atoms with Crippen LogP contribution in [0.1, 0.15) is 47.1 Å². The van der Waals surface area contributed by atoms with Gasteiger partial charge in [-0.15, -0.1) is 5.56 Å². The first-order valence-electron chi connectivity index (χ1n) is 7.10. The van der Waals surface area contributed by atoms with Crippen molar-refractivity contribution in [3.8, 4) is 0 Å². The van der Waals surface area contributed by atoms with Crippen LogP contribution in [0.25, 0.3) is 0 Å². The van der Waals surface area contributed by atoms with Crippen LogP contribution in [-0.2, 0) is 48.8 Å². The predicted molar refractivity (Wildman–Crippen MR) is 79.7 cm³/mol. The van der Waals surface area contributed by atoms with E-state index in [1.54, 1.807) is 12.1 Å². The van der Waals surface area contributed by atoms with Gasteiger partial charge in [0.15, 0.2) is 0 Å². The number of carbonyl (C=O) groups excluding carboxylic acids is 2. The van der Waals surface area contributed by atoms with E-state index in [9.17, 15) is 9.59 Å². The Kier molecular flexibility index (Phi) is 7.45. The van der Waals surface area contributed by atoms with Crippen LogP contribution in [0.15, 0.2) is 24.3 Å². The van der Waals surface area contributed by atoms with Gasteiger partial charge in [-0.05, 0) is 27.7 Å². The maximum atomic E-state index is 12.4. The Bertz CT molecular complexity index is 469. The fourth-order valence-corrected chi connectivity index (χ4v) is 2.15. The first kappa shape index (κ1) is 20.5. The van der Waals surface area contributed by atoms with E-state index in [1.165, 1.54) is 4.90 Å². The van der Waals surface area contributed by atoms with Gasteiger partial charge in [0.05, 0.1) is 10.8 Å². The maximum Gasteiger partial charge on any atom is 0.236 e. The number of hydrogen-bond donors (Lipinski definition) is 0. The van der Waals surface area contributed by atoms with Crippen LogP contribution in [-0.4, -0.2) is 16.7 Å². The Balaban J connectivity index is 0.00000128. The van der Waals surface area contributed by atoms with Crippen molar-refractivity contribution in [1.82, 2.24) is 4.90 Å². The molecule has 1 aliphatic heterocycles. The molecule has 1 heterocycles. The molecule has 0 aromatic heterocycles. The third-order valence-corrected chi connectivity index (χ3v) is 4.25. The summed E-state index contributed by atoms with van der Waals surface area (Å²) >= 11 is 0. The molecule has 1 fully saturated rings. The van der Waals surface area contributed by atoms with Crippen molar-refractivity contribution in [3.63, 3.8) is 0 Å². The molecular formula is C17H24NO2Y-. The zero-order chi connectivity index (χ0) is 15.6. The van der Waals surface area contributed by atoms with Crippen molar-refractivity contribution in [2.45, 2.75) is 48.1 Å². The molecule has 1 aromatic carbocycles. The topological polar surface area (TPSA) is 37.4 Å². The molecule has 0 saturated carbocycles. The van der Waals surface area contributed by atoms with Crippen LogP contribution in [0.5, 0.6) is 0 Å². The normalized spacial score (nSPS) is 18.7. The number of benzene rings is 1. The van der Waals surface area contributed by atoms with Crippen LogP contribution < -0.4 is 0 Å². The van der Waals surface area contributed by atoms with E-state index in [-0.39, 0.29) is 44.5 Å². The fourth-order valence-electron chi connectivity index (χ4n) is 2.15. The Morgan fingerprint density at radius 3 is 1.71 bits per heavy atom. The third kappa shape index (κ3) is 3.63. The Hall–Kier alpha value is -0.536. The second-order valence-corrected chi connectivity index (χ2v) is 5.85. The quantitative estimate of drug-likeness (QED) is 0.596. The zero-order valence-electron chi connectivity index (χ0n) is 13.9. The number of carbonyl (C=O) groups is 2. The molecule has 0 N–H and O–H groups in total. The third-order valence-electron chi connectivity index (χ3n) is 4.25. The van der Waals surface area contributed by atoms with Crippen LogP contribution >= 0.6 is 0 Å². The maximum absolute atomic E-state index is 12.4. The molecule has 2 amide bonds. The summed E-state index contributed by atoms with van der Waals surface area (Å²) in [5.41, 5.74) is -0.348. The molecule has 0 atom stereocenters. The van der Waals surface area contributed by atoms with Crippen molar-refractivity contribution in [2.24, 2.45) is 10.8 Å². The number of imide groups is 1. The van der Waals surface area contributed by atoms with Crippen LogP contribution in [0.4, 0.5) is 0 Å². The largest absolute Gasteiger partial charge is 0.279 e. The summed E-state index contributed by atoms with van der Waals surface area (Å²) in [5, 5.41) is 0. The van der Waals surface area contributed by atoms with Gasteiger partial charge in [0.1, 0.15) is 0 Å². The van der Waals surface area contributed by atoms with E-state index >= 15 is 0 Å². The van der Waals surface area contributed by atoms with Gasteiger partial charge in [-0.3, -0.25) is 14.5 Å². The molecule has 4 heteroatoms. The number of amides is 2. The van der Waals surface area contributed by atoms with Gasteiger partial charge >= 0.3 is 0 Å². The molecule has 0 bridgehead atoms. The van der Waals surface area contributed by atoms with E-state index in [2.05, 4.69) is 6.07 Å². The minimum atomic E-state index is -0.648. The van der Waals surface area contributed by atoms with Gasteiger partial charge in [-0.1, -0.05) is 13.8 Å². The Morgan fingerprint density at radius 2 is 1.33 bits per heavy atom. The van der Waals surface area contributed by atoms with E-state index < -0.39 is 10.8 Å². The average molecular weight is 363 g/mol. The molecule has 3 nitrogen and oxygen atoms in total. The molecular weight excluding hydrogens is 339 g/mol. The summed E-state index contributed by atoms with van der Waals surface area (Å²) in [6, 6.07) is 10.2. The minimum Gasteiger partial charge on any atom is -0.279 e. The zero-order valence-corrected chi connectivity index (χ0v) is 16.7. The molecule has 0 aliphatic carbocycles. The van der Waals surface area contributed by atoms with Crippen LogP contribution in [0.2, 0.25) is 0 Å². The van der Waals surface area contributed by atoms with E-state index in [0.717, 1.165) is 5.56 Å². The first-order chi connectivity index (χ1) is 9.28. The molecule has 1 saturated heterocycles. The van der Waals surface area contributed by atoms with Gasteiger partial charge < -0.3 is 0 Å². The molecule has 2 rings (SSSR count). The summed E-state index contributed by atoms with van der Waals surface area (Å²) < 4.78 is 0. The molecule has 0 spiro atoms. The molecule has 21 heavy (non-hydrogen) atoms. The summed E-state index contributed by atoms with van der Waals surface area (Å²) in [5.74, 6) is -0.185. The Morgan fingerprint density at radius 1 is 0.952 bits per heavy atom. The van der Waals surface area contributed by atoms with Crippen LogP contribution in [0, 0.1) is 16.9 Å². The van der Waals surface area contributed by atoms with Crippen molar-refractivity contribution in [1.29, 1.82) is 0 Å². The number of nitrogens with zero attached hydrogens (tertiary/aromatic N) is 1. The molecule has 1 aliphatic rings. The van der Waals surface area contributed by atoms with Gasteiger partial charge in [0, 0.05) is 39.3 Å². The summed E-state index contributed by atoms with van der Waals surface area (Å²) in [4.78, 5) is 26.1. The summed E-state index contributed by atoms with van der Waals surface area (Å²) in [7, 11) is 0. The van der Waals surface area contributed by atoms with E-state index in [0.29, 0.717) is 6.54 Å². The molecule has 0 unspecified atom stereocenters. The summed E-state index contributed by atoms with van der Waals surface area (Å²) in [6.07, 6.45) is 0. The number of rotatable bonds is 2. The fraction of sp³-hybridized carbons (Fsp3) is 0.529. The van der Waals surface area contributed by atoms with Gasteiger partial charge in [-0.2, -0.15) is 30.3 Å².